The summed E-state index contributed by atoms with van der Waals surface area (Å²) >= 11 is 0. The third-order valence-corrected chi connectivity index (χ3v) is 2.25. The first-order valence-corrected chi connectivity index (χ1v) is 4.53. The zero-order valence-electron chi connectivity index (χ0n) is 9.70. The molecule has 0 spiro atoms. The van der Waals surface area contributed by atoms with E-state index >= 15 is 0 Å². The molecule has 0 radical (unpaired) electrons. The summed E-state index contributed by atoms with van der Waals surface area (Å²) in [6.45, 7) is 2.63. The first-order chi connectivity index (χ1) is 7.28. The smallest absolute Gasteiger partial charge is 0.286 e. The quantitative estimate of drug-likeness (QED) is 0.455. The van der Waals surface area contributed by atoms with Gasteiger partial charge in [0, 0.05) is 14.2 Å². The molecule has 0 saturated heterocycles. The number of carbonyl (C=O) groups is 3. The molecule has 0 bridgehead atoms. The van der Waals surface area contributed by atoms with Crippen LogP contribution in [0.4, 0.5) is 0 Å². The van der Waals surface area contributed by atoms with Crippen molar-refractivity contribution >= 4 is 17.7 Å². The number of methoxy groups -OCH3 is 2. The van der Waals surface area contributed by atoms with Gasteiger partial charge in [0.15, 0.2) is 0 Å². The number of nitrogens with two attached hydrogens (primary N) is 1. The van der Waals surface area contributed by atoms with Gasteiger partial charge in [-0.15, -0.1) is 0 Å². The summed E-state index contributed by atoms with van der Waals surface area (Å²) in [4.78, 5) is 33.6. The number of rotatable bonds is 5. The molecule has 7 heteroatoms. The molecule has 0 aromatic carbocycles. The Bertz CT molecular complexity index is 298. The number of amides is 3. The Morgan fingerprint density at radius 3 is 2.00 bits per heavy atom. The van der Waals surface area contributed by atoms with Crippen LogP contribution in [0.15, 0.2) is 0 Å². The number of primary amides is 1. The lowest BCUT2D eigenvalue weighted by Gasteiger charge is -2.24. The van der Waals surface area contributed by atoms with Gasteiger partial charge in [-0.2, -0.15) is 0 Å². The fraction of sp³-hybridized carbons (Fsp3) is 0.667. The zero-order chi connectivity index (χ0) is 12.9. The van der Waals surface area contributed by atoms with E-state index in [-0.39, 0.29) is 0 Å². The van der Waals surface area contributed by atoms with Gasteiger partial charge in [0.05, 0.1) is 0 Å². The molecule has 0 aliphatic rings. The molecule has 0 fully saturated rings. The fourth-order valence-electron chi connectivity index (χ4n) is 0.732. The van der Waals surface area contributed by atoms with Crippen molar-refractivity contribution in [1.82, 2.24) is 5.32 Å². The van der Waals surface area contributed by atoms with Gasteiger partial charge in [0.2, 0.25) is 17.6 Å². The van der Waals surface area contributed by atoms with Crippen molar-refractivity contribution in [2.75, 3.05) is 14.2 Å². The van der Waals surface area contributed by atoms with Crippen molar-refractivity contribution in [1.29, 1.82) is 0 Å². The average molecular weight is 232 g/mol. The van der Waals surface area contributed by atoms with Gasteiger partial charge in [-0.1, -0.05) is 0 Å². The average Bonchev–Trinajstić information content (AvgIpc) is 2.26. The highest BCUT2D eigenvalue weighted by Gasteiger charge is 2.35. The van der Waals surface area contributed by atoms with Crippen LogP contribution in [0.1, 0.15) is 13.8 Å². The maximum absolute atomic E-state index is 11.5. The van der Waals surface area contributed by atoms with Gasteiger partial charge in [-0.05, 0) is 13.8 Å². The molecule has 0 aromatic heterocycles. The Labute approximate surface area is 93.3 Å². The number of ether oxygens (including phenoxy) is 2. The molecule has 0 aliphatic carbocycles. The maximum atomic E-state index is 11.5. The topological polar surface area (TPSA) is 108 Å². The monoisotopic (exact) mass is 232 g/mol. The highest BCUT2D eigenvalue weighted by molar-refractivity contribution is 6.07. The van der Waals surface area contributed by atoms with Gasteiger partial charge in [-0.3, -0.25) is 19.7 Å². The molecule has 1 atom stereocenters. The predicted octanol–water partition coefficient (Wildman–Crippen LogP) is -1.24. The predicted molar refractivity (Wildman–Crippen MR) is 53.9 cm³/mol. The van der Waals surface area contributed by atoms with E-state index < -0.39 is 29.4 Å². The normalized spacial score (nSPS) is 13.0. The van der Waals surface area contributed by atoms with Crippen LogP contribution in [-0.2, 0) is 23.9 Å². The summed E-state index contributed by atoms with van der Waals surface area (Å²) in [5.41, 5.74) is 4.91. The second-order valence-electron chi connectivity index (χ2n) is 3.30. The van der Waals surface area contributed by atoms with E-state index in [1.165, 1.54) is 28.1 Å². The van der Waals surface area contributed by atoms with Crippen molar-refractivity contribution in [3.8, 4) is 0 Å². The summed E-state index contributed by atoms with van der Waals surface area (Å²) in [6, 6.07) is 0. The van der Waals surface area contributed by atoms with E-state index in [1.54, 1.807) is 0 Å². The van der Waals surface area contributed by atoms with Crippen LogP contribution in [0.5, 0.6) is 0 Å². The molecule has 1 unspecified atom stereocenters. The molecule has 0 saturated carbocycles. The Hall–Kier alpha value is -1.47. The van der Waals surface area contributed by atoms with E-state index in [0.29, 0.717) is 0 Å². The molecule has 92 valence electrons. The van der Waals surface area contributed by atoms with Crippen LogP contribution in [-0.4, -0.2) is 37.7 Å². The molecule has 0 aromatic rings. The van der Waals surface area contributed by atoms with E-state index in [1.807, 2.05) is 5.32 Å². The molecule has 7 nitrogen and oxygen atoms in total. The van der Waals surface area contributed by atoms with Gasteiger partial charge >= 0.3 is 0 Å². The second-order valence-corrected chi connectivity index (χ2v) is 3.30. The highest BCUT2D eigenvalue weighted by atomic mass is 16.7. The molecule has 0 heterocycles. The number of carbonyl (C=O) groups excluding carboxylic acids is 3. The number of hydrogen-bond donors (Lipinski definition) is 2. The summed E-state index contributed by atoms with van der Waals surface area (Å²) < 4.78 is 9.57. The molecule has 3 amide bonds. The molecular formula is C9H16N2O5. The molecule has 0 aliphatic heterocycles. The Morgan fingerprint density at radius 2 is 1.69 bits per heavy atom. The highest BCUT2D eigenvalue weighted by Crippen LogP contribution is 2.09. The lowest BCUT2D eigenvalue weighted by Crippen LogP contribution is -2.51. The third-order valence-electron chi connectivity index (χ3n) is 2.25. The number of imide groups is 1. The Kier molecular flexibility index (Phi) is 5.06. The minimum atomic E-state index is -1.58. The molecule has 3 N–H and O–H groups in total. The van der Waals surface area contributed by atoms with Gasteiger partial charge in [0.1, 0.15) is 5.92 Å². The van der Waals surface area contributed by atoms with Crippen LogP contribution in [0.25, 0.3) is 0 Å². The van der Waals surface area contributed by atoms with Crippen LogP contribution in [0.2, 0.25) is 0 Å². The van der Waals surface area contributed by atoms with Crippen molar-refractivity contribution in [2.45, 2.75) is 19.6 Å². The summed E-state index contributed by atoms with van der Waals surface area (Å²) in [6.07, 6.45) is 0. The fourth-order valence-corrected chi connectivity index (χ4v) is 0.732. The van der Waals surface area contributed by atoms with Crippen molar-refractivity contribution in [3.63, 3.8) is 0 Å². The van der Waals surface area contributed by atoms with Crippen LogP contribution >= 0.6 is 0 Å². The van der Waals surface area contributed by atoms with Crippen LogP contribution in [0, 0.1) is 5.92 Å². The number of hydrogen-bond acceptors (Lipinski definition) is 5. The molecule has 0 rings (SSSR count). The van der Waals surface area contributed by atoms with Gasteiger partial charge < -0.3 is 15.2 Å². The minimum absolute atomic E-state index is 0.794. The van der Waals surface area contributed by atoms with Gasteiger partial charge in [-0.25, -0.2) is 0 Å². The van der Waals surface area contributed by atoms with Gasteiger partial charge in [0.25, 0.3) is 5.91 Å². The second kappa shape index (κ2) is 5.57. The molecular weight excluding hydrogens is 216 g/mol. The minimum Gasteiger partial charge on any atom is -0.369 e. The van der Waals surface area contributed by atoms with Crippen LogP contribution in [0.3, 0.4) is 0 Å². The Balaban J connectivity index is 4.57. The number of nitrogens with one attached hydrogen (secondary N) is 1. The first kappa shape index (κ1) is 14.5. The summed E-state index contributed by atoms with van der Waals surface area (Å²) in [5.74, 6) is -5.08. The van der Waals surface area contributed by atoms with E-state index in [2.05, 4.69) is 0 Å². The Morgan fingerprint density at radius 1 is 1.25 bits per heavy atom. The van der Waals surface area contributed by atoms with E-state index in [9.17, 15) is 14.4 Å². The maximum Gasteiger partial charge on any atom is 0.286 e. The lowest BCUT2D eigenvalue weighted by atomic mass is 10.1. The first-order valence-electron chi connectivity index (χ1n) is 4.53. The third kappa shape index (κ3) is 3.28. The molecule has 16 heavy (non-hydrogen) atoms. The van der Waals surface area contributed by atoms with Crippen molar-refractivity contribution < 1.29 is 23.9 Å². The zero-order valence-corrected chi connectivity index (χ0v) is 9.70. The SMILES string of the molecule is COC(C)(OC)C(=O)NC(=O)C(C)C(N)=O. The standard InChI is InChI=1S/C9H16N2O5/c1-5(6(10)12)7(13)11-8(14)9(2,15-3)16-4/h5H,1-4H3,(H2,10,12)(H,11,13,14). The lowest BCUT2D eigenvalue weighted by molar-refractivity contribution is -0.201. The van der Waals surface area contributed by atoms with Crippen LogP contribution < -0.4 is 11.1 Å². The summed E-state index contributed by atoms with van der Waals surface area (Å²) in [5, 5.41) is 1.97. The van der Waals surface area contributed by atoms with Crippen molar-refractivity contribution in [2.24, 2.45) is 11.7 Å². The largest absolute Gasteiger partial charge is 0.369 e. The van der Waals surface area contributed by atoms with E-state index in [4.69, 9.17) is 15.2 Å². The van der Waals surface area contributed by atoms with Crippen molar-refractivity contribution in [3.05, 3.63) is 0 Å². The summed E-state index contributed by atoms with van der Waals surface area (Å²) in [7, 11) is 2.51. The van der Waals surface area contributed by atoms with E-state index in [0.717, 1.165) is 0 Å².